The fraction of sp³-hybridized carbons (Fsp3) is 0.600. The summed E-state index contributed by atoms with van der Waals surface area (Å²) in [5, 5.41) is 1.92. The zero-order valence-electron chi connectivity index (χ0n) is 10.8. The van der Waals surface area contributed by atoms with Crippen LogP contribution >= 0.6 is 27.3 Å². The predicted molar refractivity (Wildman–Crippen MR) is 81.5 cm³/mol. The first-order valence-corrected chi connectivity index (χ1v) is 11.5. The van der Waals surface area contributed by atoms with Crippen molar-refractivity contribution in [2.24, 2.45) is 0 Å². The van der Waals surface area contributed by atoms with Crippen LogP contribution in [0.4, 0.5) is 0 Å². The van der Waals surface area contributed by atoms with Gasteiger partial charge < -0.3 is 0 Å². The zero-order chi connectivity index (χ0) is 13.5. The summed E-state index contributed by atoms with van der Waals surface area (Å²) in [5.74, 6) is 0. The van der Waals surface area contributed by atoms with Gasteiger partial charge in [0.2, 0.25) is 0 Å². The van der Waals surface area contributed by atoms with Crippen molar-refractivity contribution >= 4 is 45.4 Å². The Morgan fingerprint density at radius 3 is 2.35 bits per heavy atom. The van der Waals surface area contributed by atoms with Crippen LogP contribution in [0.3, 0.4) is 0 Å². The fourth-order valence-electron chi connectivity index (χ4n) is 1.01. The van der Waals surface area contributed by atoms with Crippen LogP contribution in [0, 0.1) is 4.78 Å². The molecule has 1 aromatic rings. The molecular formula is C10H19BrN2OS2Si. The Kier molecular flexibility index (Phi) is 4.31. The van der Waals surface area contributed by atoms with Gasteiger partial charge in [0.15, 0.2) is 0 Å². The molecule has 0 saturated heterocycles. The van der Waals surface area contributed by atoms with Gasteiger partial charge in [-0.25, -0.2) is 13.4 Å². The quantitative estimate of drug-likeness (QED) is 0.775. The number of hydrogen-bond donors (Lipinski definition) is 2. The Bertz CT molecular complexity index is 503. The summed E-state index contributed by atoms with van der Waals surface area (Å²) in [4.78, 5) is 0. The maximum absolute atomic E-state index is 12.4. The van der Waals surface area contributed by atoms with E-state index in [4.69, 9.17) is 4.78 Å². The molecule has 0 fully saturated rings. The highest BCUT2D eigenvalue weighted by Crippen LogP contribution is 2.35. The van der Waals surface area contributed by atoms with Gasteiger partial charge in [0.1, 0.15) is 22.4 Å². The van der Waals surface area contributed by atoms with E-state index < -0.39 is 18.2 Å². The summed E-state index contributed by atoms with van der Waals surface area (Å²) >= 11 is 4.69. The first-order valence-electron chi connectivity index (χ1n) is 5.27. The predicted octanol–water partition coefficient (Wildman–Crippen LogP) is 4.43. The van der Waals surface area contributed by atoms with E-state index in [2.05, 4.69) is 54.2 Å². The minimum absolute atomic E-state index is 0.0607. The summed E-state index contributed by atoms with van der Waals surface area (Å²) in [5.41, 5.74) is 0. The van der Waals surface area contributed by atoms with Crippen LogP contribution in [-0.4, -0.2) is 12.4 Å². The van der Waals surface area contributed by atoms with E-state index in [0.717, 1.165) is 4.47 Å². The van der Waals surface area contributed by atoms with Crippen molar-refractivity contribution < 1.29 is 4.21 Å². The van der Waals surface area contributed by atoms with Crippen molar-refractivity contribution in [1.82, 2.24) is 4.39 Å². The lowest BCUT2D eigenvalue weighted by Gasteiger charge is -2.37. The normalized spacial score (nSPS) is 16.8. The molecule has 0 aliphatic heterocycles. The Balaban J connectivity index is 3.03. The smallest absolute Gasteiger partial charge is 0.140 e. The highest BCUT2D eigenvalue weighted by atomic mass is 79.9. The molecule has 1 aromatic heterocycles. The average Bonchev–Trinajstić information content (AvgIpc) is 2.48. The first kappa shape index (κ1) is 15.4. The molecule has 1 atom stereocenters. The molecule has 2 N–H and O–H groups in total. The maximum atomic E-state index is 12.4. The second-order valence-corrected chi connectivity index (χ2v) is 14.8. The monoisotopic (exact) mass is 354 g/mol. The minimum atomic E-state index is -2.88. The van der Waals surface area contributed by atoms with Crippen LogP contribution in [0.1, 0.15) is 20.8 Å². The third kappa shape index (κ3) is 3.63. The third-order valence-electron chi connectivity index (χ3n) is 3.10. The number of hydrogen-bond acceptors (Lipinski definition) is 3. The van der Waals surface area contributed by atoms with Crippen molar-refractivity contribution in [2.75, 3.05) is 0 Å². The highest BCUT2D eigenvalue weighted by Gasteiger charge is 2.38. The molecule has 0 aromatic carbocycles. The van der Waals surface area contributed by atoms with Gasteiger partial charge in [-0.3, -0.25) is 0 Å². The van der Waals surface area contributed by atoms with Gasteiger partial charge >= 0.3 is 0 Å². The largest absolute Gasteiger partial charge is 0.248 e. The van der Waals surface area contributed by atoms with Gasteiger partial charge in [0, 0.05) is 9.85 Å². The summed E-state index contributed by atoms with van der Waals surface area (Å²) in [6, 6.07) is 1.76. The molecule has 0 saturated carbocycles. The van der Waals surface area contributed by atoms with E-state index in [1.807, 2.05) is 5.38 Å². The molecule has 1 unspecified atom stereocenters. The highest BCUT2D eigenvalue weighted by molar-refractivity contribution is 9.10. The van der Waals surface area contributed by atoms with Crippen LogP contribution in [0.2, 0.25) is 18.1 Å². The second kappa shape index (κ2) is 4.77. The standard InChI is InChI=1S/C10H19BrN2OS2Si/c1-10(2,3)17(4,5)13-16(12,14)9-6-8(11)7-15-9/h6-7H,1-5H3,(H2,12,13,14). The summed E-state index contributed by atoms with van der Waals surface area (Å²) in [6.07, 6.45) is 0. The van der Waals surface area contributed by atoms with Crippen molar-refractivity contribution in [3.8, 4) is 0 Å². The van der Waals surface area contributed by atoms with Crippen molar-refractivity contribution in [2.45, 2.75) is 43.1 Å². The first-order chi connectivity index (χ1) is 7.46. The molecule has 17 heavy (non-hydrogen) atoms. The van der Waals surface area contributed by atoms with E-state index in [1.165, 1.54) is 11.3 Å². The summed E-state index contributed by atoms with van der Waals surface area (Å²) < 4.78 is 25.1. The molecule has 3 nitrogen and oxygen atoms in total. The number of halogens is 1. The molecule has 1 heterocycles. The van der Waals surface area contributed by atoms with Crippen molar-refractivity contribution in [1.29, 1.82) is 4.78 Å². The molecule has 1 rings (SSSR count). The Morgan fingerprint density at radius 2 is 2.00 bits per heavy atom. The molecule has 7 heteroatoms. The van der Waals surface area contributed by atoms with Gasteiger partial charge in [-0.1, -0.05) is 33.9 Å². The molecule has 0 radical (unpaired) electrons. The molecule has 0 aliphatic rings. The maximum Gasteiger partial charge on any atom is 0.140 e. The van der Waals surface area contributed by atoms with Crippen LogP contribution in [0.25, 0.3) is 0 Å². The van der Waals surface area contributed by atoms with Gasteiger partial charge in [0.05, 0.1) is 0 Å². The van der Waals surface area contributed by atoms with E-state index in [1.54, 1.807) is 6.07 Å². The SMILES string of the molecule is CC(C)(C)[Si](C)(C)NS(=N)(=O)c1cc(Br)cs1. The van der Waals surface area contributed by atoms with E-state index >= 15 is 0 Å². The van der Waals surface area contributed by atoms with Crippen LogP contribution in [-0.2, 0) is 9.92 Å². The van der Waals surface area contributed by atoms with E-state index in [-0.39, 0.29) is 5.04 Å². The van der Waals surface area contributed by atoms with Crippen LogP contribution in [0.15, 0.2) is 20.1 Å². The van der Waals surface area contributed by atoms with Gasteiger partial charge in [-0.2, -0.15) is 0 Å². The summed E-state index contributed by atoms with van der Waals surface area (Å²) in [6.45, 7) is 10.6. The molecule has 0 spiro atoms. The Hall–Kier alpha value is 0.307. The molecule has 0 amide bonds. The topological polar surface area (TPSA) is 53.0 Å². The van der Waals surface area contributed by atoms with Crippen molar-refractivity contribution in [3.05, 3.63) is 15.9 Å². The van der Waals surface area contributed by atoms with Gasteiger partial charge in [0.25, 0.3) is 0 Å². The Morgan fingerprint density at radius 1 is 1.47 bits per heavy atom. The third-order valence-corrected chi connectivity index (χ3v) is 13.2. The van der Waals surface area contributed by atoms with Gasteiger partial charge in [-0.05, 0) is 27.0 Å². The molecular weight excluding hydrogens is 336 g/mol. The Labute approximate surface area is 117 Å². The van der Waals surface area contributed by atoms with Gasteiger partial charge in [-0.15, -0.1) is 11.3 Å². The summed E-state index contributed by atoms with van der Waals surface area (Å²) in [7, 11) is -4.82. The average molecular weight is 355 g/mol. The van der Waals surface area contributed by atoms with Crippen LogP contribution < -0.4 is 4.39 Å². The lowest BCUT2D eigenvalue weighted by atomic mass is 10.2. The number of thiophene rings is 1. The lowest BCUT2D eigenvalue weighted by molar-refractivity contribution is 0.666. The number of rotatable bonds is 3. The van der Waals surface area contributed by atoms with Crippen LogP contribution in [0.5, 0.6) is 0 Å². The second-order valence-electron chi connectivity index (χ2n) is 5.62. The van der Waals surface area contributed by atoms with E-state index in [9.17, 15) is 4.21 Å². The zero-order valence-corrected chi connectivity index (χ0v) is 15.0. The van der Waals surface area contributed by atoms with E-state index in [0.29, 0.717) is 4.21 Å². The molecule has 0 aliphatic carbocycles. The molecule has 98 valence electrons. The number of nitrogens with one attached hydrogen (secondary N) is 2. The molecule has 0 bridgehead atoms. The minimum Gasteiger partial charge on any atom is -0.248 e. The fourth-order valence-corrected chi connectivity index (χ4v) is 8.17. The van der Waals surface area contributed by atoms with Crippen molar-refractivity contribution in [3.63, 3.8) is 0 Å². The lowest BCUT2D eigenvalue weighted by Crippen LogP contribution is -2.53.